The maximum atomic E-state index is 12.3. The third-order valence-corrected chi connectivity index (χ3v) is 4.08. The van der Waals surface area contributed by atoms with E-state index in [0.717, 1.165) is 24.1 Å². The van der Waals surface area contributed by atoms with Crippen LogP contribution in [-0.4, -0.2) is 29.9 Å². The first-order valence-electron chi connectivity index (χ1n) is 7.41. The SMILES string of the molecule is COc1cc(C2(C)C=CC(C)=N2)cc(O)c1C(=O)NC1CC1. The Morgan fingerprint density at radius 3 is 2.73 bits per heavy atom. The zero-order valence-corrected chi connectivity index (χ0v) is 13.0. The van der Waals surface area contributed by atoms with Crippen molar-refractivity contribution in [2.45, 2.75) is 38.3 Å². The molecule has 1 aliphatic heterocycles. The van der Waals surface area contributed by atoms with Crippen LogP contribution in [0.2, 0.25) is 0 Å². The number of hydrogen-bond acceptors (Lipinski definition) is 4. The molecule has 2 aliphatic rings. The molecule has 0 radical (unpaired) electrons. The van der Waals surface area contributed by atoms with E-state index >= 15 is 0 Å². The third-order valence-electron chi connectivity index (χ3n) is 4.08. The highest BCUT2D eigenvalue weighted by Gasteiger charge is 2.31. The number of carbonyl (C=O) groups excluding carboxylic acids is 1. The van der Waals surface area contributed by atoms with Crippen LogP contribution in [0.3, 0.4) is 0 Å². The predicted molar refractivity (Wildman–Crippen MR) is 84.7 cm³/mol. The Kier molecular flexibility index (Phi) is 3.43. The predicted octanol–water partition coefficient (Wildman–Crippen LogP) is 2.54. The number of hydrogen-bond donors (Lipinski definition) is 2. The molecule has 1 aromatic carbocycles. The molecular weight excluding hydrogens is 280 g/mol. The molecule has 1 atom stereocenters. The number of phenolic OH excluding ortho intramolecular Hbond substituents is 1. The lowest BCUT2D eigenvalue weighted by molar-refractivity contribution is 0.0945. The molecule has 1 aliphatic carbocycles. The highest BCUT2D eigenvalue weighted by Crippen LogP contribution is 2.38. The number of nitrogens with one attached hydrogen (secondary N) is 1. The molecule has 0 aromatic heterocycles. The summed E-state index contributed by atoms with van der Waals surface area (Å²) >= 11 is 0. The molecule has 0 saturated heterocycles. The molecule has 5 nitrogen and oxygen atoms in total. The van der Waals surface area contributed by atoms with Crippen molar-refractivity contribution in [2.75, 3.05) is 7.11 Å². The molecule has 1 aromatic rings. The average Bonchev–Trinajstić information content (AvgIpc) is 3.21. The monoisotopic (exact) mass is 300 g/mol. The number of nitrogens with zero attached hydrogens (tertiary/aromatic N) is 1. The fourth-order valence-electron chi connectivity index (χ4n) is 2.65. The summed E-state index contributed by atoms with van der Waals surface area (Å²) in [5.41, 5.74) is 1.36. The second-order valence-corrected chi connectivity index (χ2v) is 6.05. The lowest BCUT2D eigenvalue weighted by atomic mass is 9.91. The minimum Gasteiger partial charge on any atom is -0.507 e. The van der Waals surface area contributed by atoms with Crippen LogP contribution in [0.5, 0.6) is 11.5 Å². The number of aromatic hydroxyl groups is 1. The fourth-order valence-corrected chi connectivity index (χ4v) is 2.65. The van der Waals surface area contributed by atoms with Gasteiger partial charge >= 0.3 is 0 Å². The summed E-state index contributed by atoms with van der Waals surface area (Å²) in [6.45, 7) is 3.88. The van der Waals surface area contributed by atoms with Crippen LogP contribution >= 0.6 is 0 Å². The Balaban J connectivity index is 2.00. The van der Waals surface area contributed by atoms with Gasteiger partial charge in [-0.05, 0) is 50.5 Å². The van der Waals surface area contributed by atoms with Crippen molar-refractivity contribution in [1.82, 2.24) is 5.32 Å². The molecule has 2 N–H and O–H groups in total. The molecule has 22 heavy (non-hydrogen) atoms. The van der Waals surface area contributed by atoms with E-state index in [4.69, 9.17) is 4.74 Å². The van der Waals surface area contributed by atoms with E-state index in [1.165, 1.54) is 7.11 Å². The number of allylic oxidation sites excluding steroid dienone is 1. The molecule has 1 amide bonds. The van der Waals surface area contributed by atoms with Crippen LogP contribution in [0.15, 0.2) is 29.3 Å². The summed E-state index contributed by atoms with van der Waals surface area (Å²) in [5, 5.41) is 13.2. The van der Waals surface area contributed by atoms with Gasteiger partial charge in [-0.15, -0.1) is 0 Å². The smallest absolute Gasteiger partial charge is 0.259 e. The first-order valence-corrected chi connectivity index (χ1v) is 7.41. The summed E-state index contributed by atoms with van der Waals surface area (Å²) in [6, 6.07) is 3.59. The van der Waals surface area contributed by atoms with Gasteiger partial charge in [0.1, 0.15) is 22.6 Å². The fraction of sp³-hybridized carbons (Fsp3) is 0.412. The van der Waals surface area contributed by atoms with Gasteiger partial charge in [-0.1, -0.05) is 6.08 Å². The van der Waals surface area contributed by atoms with Gasteiger partial charge in [0.2, 0.25) is 0 Å². The van der Waals surface area contributed by atoms with Gasteiger partial charge in [0.25, 0.3) is 5.91 Å². The topological polar surface area (TPSA) is 70.9 Å². The van der Waals surface area contributed by atoms with Gasteiger partial charge in [0.15, 0.2) is 0 Å². The molecule has 5 heteroatoms. The summed E-state index contributed by atoms with van der Waals surface area (Å²) in [5.74, 6) is -0.0143. The Bertz CT molecular complexity index is 689. The Morgan fingerprint density at radius 2 is 2.18 bits per heavy atom. The van der Waals surface area contributed by atoms with Crippen molar-refractivity contribution in [3.05, 3.63) is 35.4 Å². The summed E-state index contributed by atoms with van der Waals surface area (Å²) in [7, 11) is 1.49. The van der Waals surface area contributed by atoms with Crippen molar-refractivity contribution >= 4 is 11.6 Å². The Labute approximate surface area is 129 Å². The average molecular weight is 300 g/mol. The second kappa shape index (κ2) is 5.16. The summed E-state index contributed by atoms with van der Waals surface area (Å²) in [4.78, 5) is 16.8. The van der Waals surface area contributed by atoms with Crippen LogP contribution in [0, 0.1) is 0 Å². The first kappa shape index (κ1) is 14.6. The van der Waals surface area contributed by atoms with Gasteiger partial charge in [-0.25, -0.2) is 0 Å². The van der Waals surface area contributed by atoms with E-state index in [1.807, 2.05) is 26.0 Å². The Morgan fingerprint density at radius 1 is 1.45 bits per heavy atom. The molecule has 0 spiro atoms. The first-order chi connectivity index (χ1) is 10.4. The molecule has 0 bridgehead atoms. The van der Waals surface area contributed by atoms with E-state index in [9.17, 15) is 9.90 Å². The zero-order valence-electron chi connectivity index (χ0n) is 13.0. The van der Waals surface area contributed by atoms with Crippen molar-refractivity contribution in [1.29, 1.82) is 0 Å². The maximum absolute atomic E-state index is 12.3. The van der Waals surface area contributed by atoms with E-state index in [-0.39, 0.29) is 23.3 Å². The highest BCUT2D eigenvalue weighted by atomic mass is 16.5. The van der Waals surface area contributed by atoms with Crippen LogP contribution in [0.1, 0.15) is 42.6 Å². The summed E-state index contributed by atoms with van der Waals surface area (Å²) in [6.07, 6.45) is 5.89. The summed E-state index contributed by atoms with van der Waals surface area (Å²) < 4.78 is 5.33. The molecular formula is C17H20N2O3. The van der Waals surface area contributed by atoms with Gasteiger partial charge < -0.3 is 15.2 Å². The molecule has 1 heterocycles. The maximum Gasteiger partial charge on any atom is 0.259 e. The molecule has 1 unspecified atom stereocenters. The number of phenols is 1. The number of ether oxygens (including phenoxy) is 1. The number of benzene rings is 1. The van der Waals surface area contributed by atoms with Crippen molar-refractivity contribution in [2.24, 2.45) is 4.99 Å². The molecule has 116 valence electrons. The van der Waals surface area contributed by atoms with Crippen molar-refractivity contribution in [3.63, 3.8) is 0 Å². The van der Waals surface area contributed by atoms with Crippen LogP contribution in [0.4, 0.5) is 0 Å². The molecule has 1 fully saturated rings. The second-order valence-electron chi connectivity index (χ2n) is 6.05. The van der Waals surface area contributed by atoms with E-state index in [0.29, 0.717) is 5.75 Å². The largest absolute Gasteiger partial charge is 0.507 e. The third kappa shape index (κ3) is 2.58. The van der Waals surface area contributed by atoms with Gasteiger partial charge in [0.05, 0.1) is 7.11 Å². The number of aliphatic imine (C=N–C) groups is 1. The standard InChI is InChI=1S/C17H20N2O3/c1-10-6-7-17(2,19-10)11-8-13(20)15(14(9-11)22-3)16(21)18-12-4-5-12/h6-9,12,20H,4-5H2,1-3H3,(H,18,21). The van der Waals surface area contributed by atoms with Gasteiger partial charge in [-0.3, -0.25) is 9.79 Å². The van der Waals surface area contributed by atoms with E-state index in [2.05, 4.69) is 10.3 Å². The minimum absolute atomic E-state index is 0.0816. The normalized spacial score (nSPS) is 23.3. The number of rotatable bonds is 4. The van der Waals surface area contributed by atoms with E-state index < -0.39 is 5.54 Å². The lowest BCUT2D eigenvalue weighted by Crippen LogP contribution is -2.26. The number of methoxy groups -OCH3 is 1. The quantitative estimate of drug-likeness (QED) is 0.897. The van der Waals surface area contributed by atoms with Crippen molar-refractivity contribution in [3.8, 4) is 11.5 Å². The Hall–Kier alpha value is -2.30. The number of carbonyl (C=O) groups is 1. The van der Waals surface area contributed by atoms with Crippen LogP contribution in [-0.2, 0) is 5.54 Å². The van der Waals surface area contributed by atoms with Gasteiger partial charge in [0, 0.05) is 11.8 Å². The molecule has 3 rings (SSSR count). The number of amides is 1. The van der Waals surface area contributed by atoms with Gasteiger partial charge in [-0.2, -0.15) is 0 Å². The van der Waals surface area contributed by atoms with Crippen LogP contribution < -0.4 is 10.1 Å². The molecule has 1 saturated carbocycles. The highest BCUT2D eigenvalue weighted by molar-refractivity contribution is 6.00. The van der Waals surface area contributed by atoms with Crippen LogP contribution in [0.25, 0.3) is 0 Å². The van der Waals surface area contributed by atoms with Crippen molar-refractivity contribution < 1.29 is 14.6 Å². The van der Waals surface area contributed by atoms with E-state index in [1.54, 1.807) is 12.1 Å². The minimum atomic E-state index is -0.541. The lowest BCUT2D eigenvalue weighted by Gasteiger charge is -2.21. The zero-order chi connectivity index (χ0) is 15.9.